The van der Waals surface area contributed by atoms with E-state index in [-0.39, 0.29) is 5.91 Å². The minimum Gasteiger partial charge on any atom is -0.495 e. The van der Waals surface area contributed by atoms with Gasteiger partial charge in [0.25, 0.3) is 0 Å². The van der Waals surface area contributed by atoms with Crippen LogP contribution in [0.1, 0.15) is 22.2 Å². The van der Waals surface area contributed by atoms with Crippen LogP contribution in [0.5, 0.6) is 5.75 Å². The van der Waals surface area contributed by atoms with Crippen molar-refractivity contribution in [2.45, 2.75) is 24.3 Å². The molecular weight excluding hydrogens is 420 g/mol. The Morgan fingerprint density at radius 2 is 1.66 bits per heavy atom. The molecule has 6 nitrogen and oxygen atoms in total. The topological polar surface area (TPSA) is 69.0 Å². The molecule has 3 aromatic carbocycles. The predicted octanol–water partition coefficient (Wildman–Crippen LogP) is 5.36. The lowest BCUT2D eigenvalue weighted by Crippen LogP contribution is -2.20. The molecule has 32 heavy (non-hydrogen) atoms. The van der Waals surface area contributed by atoms with Crippen molar-refractivity contribution in [3.8, 4) is 11.4 Å². The summed E-state index contributed by atoms with van der Waals surface area (Å²) < 4.78 is 7.40. The molecule has 0 aliphatic carbocycles. The molecule has 4 rings (SSSR count). The van der Waals surface area contributed by atoms with Crippen LogP contribution < -0.4 is 10.1 Å². The molecule has 1 unspecified atom stereocenters. The highest BCUT2D eigenvalue weighted by atomic mass is 32.2. The van der Waals surface area contributed by atoms with Gasteiger partial charge in [-0.15, -0.1) is 10.2 Å². The normalized spacial score (nSPS) is 11.7. The number of hydrogen-bond acceptors (Lipinski definition) is 5. The first-order valence-electron chi connectivity index (χ1n) is 10.2. The van der Waals surface area contributed by atoms with Crippen LogP contribution in [0.4, 0.5) is 5.69 Å². The molecule has 0 spiro atoms. The van der Waals surface area contributed by atoms with E-state index in [1.165, 1.54) is 11.8 Å². The summed E-state index contributed by atoms with van der Waals surface area (Å²) in [6, 6.07) is 25.3. The maximum absolute atomic E-state index is 13.5. The zero-order chi connectivity index (χ0) is 22.5. The van der Waals surface area contributed by atoms with E-state index >= 15 is 0 Å². The monoisotopic (exact) mass is 444 g/mol. The molecule has 1 heterocycles. The first kappa shape index (κ1) is 21.6. The van der Waals surface area contributed by atoms with E-state index in [0.29, 0.717) is 16.6 Å². The lowest BCUT2D eigenvalue weighted by molar-refractivity contribution is -0.115. The van der Waals surface area contributed by atoms with Crippen LogP contribution >= 0.6 is 11.8 Å². The van der Waals surface area contributed by atoms with Crippen molar-refractivity contribution in [3.63, 3.8) is 0 Å². The zero-order valence-electron chi connectivity index (χ0n) is 18.1. The van der Waals surface area contributed by atoms with Gasteiger partial charge in [-0.2, -0.15) is 0 Å². The van der Waals surface area contributed by atoms with E-state index in [2.05, 4.69) is 15.5 Å². The lowest BCUT2D eigenvalue weighted by atomic mass is 10.1. The van der Waals surface area contributed by atoms with Gasteiger partial charge < -0.3 is 10.1 Å². The van der Waals surface area contributed by atoms with Crippen LogP contribution in [0.25, 0.3) is 5.69 Å². The van der Waals surface area contributed by atoms with Crippen LogP contribution in [0.2, 0.25) is 0 Å². The van der Waals surface area contributed by atoms with E-state index in [0.717, 1.165) is 22.6 Å². The van der Waals surface area contributed by atoms with Crippen molar-refractivity contribution in [2.75, 3.05) is 12.4 Å². The highest BCUT2D eigenvalue weighted by Gasteiger charge is 2.26. The molecule has 0 saturated carbocycles. The van der Waals surface area contributed by atoms with Gasteiger partial charge in [-0.1, -0.05) is 66.4 Å². The number of ether oxygens (including phenoxy) is 1. The van der Waals surface area contributed by atoms with E-state index < -0.39 is 5.25 Å². The molecule has 4 aromatic rings. The minimum absolute atomic E-state index is 0.162. The summed E-state index contributed by atoms with van der Waals surface area (Å²) in [6.45, 7) is 3.88. The number of amides is 1. The van der Waals surface area contributed by atoms with E-state index in [4.69, 9.17) is 4.74 Å². The molecule has 1 aromatic heterocycles. The highest BCUT2D eigenvalue weighted by molar-refractivity contribution is 8.00. The SMILES string of the molecule is COc1ccc(C)cc1NC(=O)C(Sc1nnc(C)n1-c1ccccc1)c1ccccc1. The molecule has 1 N–H and O–H groups in total. The fourth-order valence-electron chi connectivity index (χ4n) is 3.42. The maximum Gasteiger partial charge on any atom is 0.242 e. The van der Waals surface area contributed by atoms with Crippen LogP contribution in [-0.2, 0) is 4.79 Å². The number of aryl methyl sites for hydroxylation is 2. The largest absolute Gasteiger partial charge is 0.495 e. The van der Waals surface area contributed by atoms with Gasteiger partial charge in [-0.3, -0.25) is 9.36 Å². The van der Waals surface area contributed by atoms with Gasteiger partial charge in [-0.05, 0) is 49.2 Å². The fraction of sp³-hybridized carbons (Fsp3) is 0.160. The molecule has 7 heteroatoms. The summed E-state index contributed by atoms with van der Waals surface area (Å²) in [5, 5.41) is 11.8. The third-order valence-corrected chi connectivity index (χ3v) is 6.18. The quantitative estimate of drug-likeness (QED) is 0.388. The van der Waals surface area contributed by atoms with Crippen LogP contribution in [-0.4, -0.2) is 27.8 Å². The average Bonchev–Trinajstić information content (AvgIpc) is 3.18. The number of carbonyl (C=O) groups is 1. The van der Waals surface area contributed by atoms with Gasteiger partial charge >= 0.3 is 0 Å². The summed E-state index contributed by atoms with van der Waals surface area (Å²) in [4.78, 5) is 13.5. The van der Waals surface area contributed by atoms with E-state index in [1.807, 2.05) is 97.3 Å². The van der Waals surface area contributed by atoms with Gasteiger partial charge in [0.1, 0.15) is 16.8 Å². The van der Waals surface area contributed by atoms with Crippen LogP contribution in [0, 0.1) is 13.8 Å². The first-order valence-corrected chi connectivity index (χ1v) is 11.1. The fourth-order valence-corrected chi connectivity index (χ4v) is 4.52. The number of benzene rings is 3. The molecule has 0 fully saturated rings. The smallest absolute Gasteiger partial charge is 0.242 e. The molecular formula is C25H24N4O2S. The molecule has 0 bridgehead atoms. The molecule has 0 aliphatic heterocycles. The summed E-state index contributed by atoms with van der Waals surface area (Å²) in [5.74, 6) is 1.21. The predicted molar refractivity (Wildman–Crippen MR) is 127 cm³/mol. The Hall–Kier alpha value is -3.58. The summed E-state index contributed by atoms with van der Waals surface area (Å²) in [5.41, 5.74) is 3.50. The third-order valence-electron chi connectivity index (χ3n) is 4.99. The number of anilines is 1. The highest BCUT2D eigenvalue weighted by Crippen LogP contribution is 2.37. The van der Waals surface area contributed by atoms with Gasteiger partial charge in [0.05, 0.1) is 12.8 Å². The van der Waals surface area contributed by atoms with Crippen molar-refractivity contribution in [2.24, 2.45) is 0 Å². The lowest BCUT2D eigenvalue weighted by Gasteiger charge is -2.18. The summed E-state index contributed by atoms with van der Waals surface area (Å²) >= 11 is 1.37. The number of para-hydroxylation sites is 1. The summed E-state index contributed by atoms with van der Waals surface area (Å²) in [6.07, 6.45) is 0. The second-order valence-corrected chi connectivity index (χ2v) is 8.37. The Bertz CT molecular complexity index is 1210. The van der Waals surface area contributed by atoms with Crippen LogP contribution in [0.3, 0.4) is 0 Å². The molecule has 0 saturated heterocycles. The Labute approximate surface area is 191 Å². The second kappa shape index (κ2) is 9.70. The van der Waals surface area contributed by atoms with Crippen molar-refractivity contribution in [1.29, 1.82) is 0 Å². The van der Waals surface area contributed by atoms with Crippen LogP contribution in [0.15, 0.2) is 84.0 Å². The van der Waals surface area contributed by atoms with Crippen molar-refractivity contribution >= 4 is 23.4 Å². The third kappa shape index (κ3) is 4.68. The number of rotatable bonds is 7. The van der Waals surface area contributed by atoms with Gasteiger partial charge in [0, 0.05) is 5.69 Å². The molecule has 0 radical (unpaired) electrons. The number of aromatic nitrogens is 3. The van der Waals surface area contributed by atoms with Gasteiger partial charge in [-0.25, -0.2) is 0 Å². The summed E-state index contributed by atoms with van der Waals surface area (Å²) in [7, 11) is 1.59. The number of nitrogens with zero attached hydrogens (tertiary/aromatic N) is 3. The Balaban J connectivity index is 1.70. The zero-order valence-corrected chi connectivity index (χ0v) is 19.0. The number of thioether (sulfide) groups is 1. The number of carbonyl (C=O) groups excluding carboxylic acids is 1. The van der Waals surface area contributed by atoms with Crippen molar-refractivity contribution < 1.29 is 9.53 Å². The number of hydrogen-bond donors (Lipinski definition) is 1. The molecule has 162 valence electrons. The van der Waals surface area contributed by atoms with Gasteiger partial charge in [0.15, 0.2) is 5.16 Å². The van der Waals surface area contributed by atoms with E-state index in [1.54, 1.807) is 7.11 Å². The standard InChI is InChI=1S/C25H24N4O2S/c1-17-14-15-22(31-3)21(16-17)26-24(30)23(19-10-6-4-7-11-19)32-25-28-27-18(2)29(25)20-12-8-5-9-13-20/h4-16,23H,1-3H3,(H,26,30). The number of nitrogens with one attached hydrogen (secondary N) is 1. The van der Waals surface area contributed by atoms with Crippen molar-refractivity contribution in [1.82, 2.24) is 14.8 Å². The molecule has 1 atom stereocenters. The minimum atomic E-state index is -0.535. The molecule has 1 amide bonds. The Kier molecular flexibility index (Phi) is 6.56. The Morgan fingerprint density at radius 1 is 0.969 bits per heavy atom. The average molecular weight is 445 g/mol. The van der Waals surface area contributed by atoms with Crippen molar-refractivity contribution in [3.05, 3.63) is 95.8 Å². The second-order valence-electron chi connectivity index (χ2n) is 7.30. The van der Waals surface area contributed by atoms with Gasteiger partial charge in [0.2, 0.25) is 5.91 Å². The number of methoxy groups -OCH3 is 1. The molecule has 0 aliphatic rings. The maximum atomic E-state index is 13.5. The van der Waals surface area contributed by atoms with E-state index in [9.17, 15) is 4.79 Å². The first-order chi connectivity index (χ1) is 15.6. The Morgan fingerprint density at radius 3 is 2.34 bits per heavy atom.